The number of likely N-dealkylation sites (tertiary alicyclic amines) is 1. The molecule has 0 atom stereocenters. The Morgan fingerprint density at radius 2 is 2.03 bits per heavy atom. The zero-order valence-electron chi connectivity index (χ0n) is 17.3. The average molecular weight is 474 g/mol. The highest BCUT2D eigenvalue weighted by Crippen LogP contribution is 2.32. The highest BCUT2D eigenvalue weighted by atomic mass is 35.5. The maximum atomic E-state index is 12.3. The molecule has 1 aliphatic rings. The number of piperidine rings is 1. The lowest BCUT2D eigenvalue weighted by Crippen LogP contribution is -2.35. The Labute approximate surface area is 195 Å². The van der Waals surface area contributed by atoms with Crippen molar-refractivity contribution in [1.82, 2.24) is 10.1 Å². The summed E-state index contributed by atoms with van der Waals surface area (Å²) in [5, 5.41) is 12.8. The third-order valence-corrected chi connectivity index (χ3v) is 7.48. The van der Waals surface area contributed by atoms with Crippen LogP contribution in [0.5, 0.6) is 0 Å². The first kappa shape index (κ1) is 22.1. The molecule has 0 radical (unpaired) electrons. The number of hydrogen-bond donors (Lipinski definition) is 1. The standard InChI is InChI=1S/C23H24ClN3O2S2/c1-30-21-13-15(23(25)27-11-3-2-4-12-27)5-7-17(21)18-14-16(29-26-18)6-8-19(28)20-9-10-22(24)31-20/h5,7,9-10,13-14,25H,2-4,6,8,11-12H2,1H3. The number of nitrogens with zero attached hydrogens (tertiary/aromatic N) is 2. The second kappa shape index (κ2) is 10.0. The number of aromatic nitrogens is 1. The minimum Gasteiger partial charge on any atom is -0.361 e. The monoisotopic (exact) mass is 473 g/mol. The van der Waals surface area contributed by atoms with Crippen LogP contribution < -0.4 is 0 Å². The Hall–Kier alpha value is -2.09. The highest BCUT2D eigenvalue weighted by molar-refractivity contribution is 7.98. The molecule has 1 fully saturated rings. The van der Waals surface area contributed by atoms with Crippen molar-refractivity contribution in [2.45, 2.75) is 37.0 Å². The van der Waals surface area contributed by atoms with Gasteiger partial charge in [-0.1, -0.05) is 28.9 Å². The van der Waals surface area contributed by atoms with Crippen LogP contribution in [0.2, 0.25) is 4.34 Å². The number of Topliss-reactive ketones (excluding diaryl/α,β-unsaturated/α-hetero) is 1. The molecule has 3 aromatic rings. The van der Waals surface area contributed by atoms with Crippen molar-refractivity contribution in [2.24, 2.45) is 0 Å². The van der Waals surface area contributed by atoms with Crippen molar-refractivity contribution in [2.75, 3.05) is 19.3 Å². The Morgan fingerprint density at radius 3 is 2.74 bits per heavy atom. The minimum atomic E-state index is 0.0558. The summed E-state index contributed by atoms with van der Waals surface area (Å²) in [5.74, 6) is 1.33. The van der Waals surface area contributed by atoms with Crippen LogP contribution in [0.25, 0.3) is 11.3 Å². The van der Waals surface area contributed by atoms with Gasteiger partial charge in [-0.3, -0.25) is 10.2 Å². The highest BCUT2D eigenvalue weighted by Gasteiger charge is 2.18. The molecule has 5 nitrogen and oxygen atoms in total. The van der Waals surface area contributed by atoms with Gasteiger partial charge in [0.25, 0.3) is 0 Å². The number of nitrogens with one attached hydrogen (secondary N) is 1. The quantitative estimate of drug-likeness (QED) is 0.186. The zero-order valence-corrected chi connectivity index (χ0v) is 19.7. The molecule has 0 saturated carbocycles. The lowest BCUT2D eigenvalue weighted by molar-refractivity contribution is 0.0984. The number of benzene rings is 1. The van der Waals surface area contributed by atoms with Crippen molar-refractivity contribution >= 4 is 46.3 Å². The molecule has 3 heterocycles. The molecule has 0 spiro atoms. The van der Waals surface area contributed by atoms with E-state index in [4.69, 9.17) is 21.5 Å². The summed E-state index contributed by atoms with van der Waals surface area (Å²) in [5.41, 5.74) is 2.66. The molecule has 1 N–H and O–H groups in total. The number of amidine groups is 1. The minimum absolute atomic E-state index is 0.0558. The number of hydrogen-bond acceptors (Lipinski definition) is 6. The average Bonchev–Trinajstić information content (AvgIpc) is 3.46. The number of thiophene rings is 1. The van der Waals surface area contributed by atoms with Gasteiger partial charge in [-0.15, -0.1) is 23.1 Å². The number of thioether (sulfide) groups is 1. The van der Waals surface area contributed by atoms with Gasteiger partial charge < -0.3 is 9.42 Å². The van der Waals surface area contributed by atoms with Gasteiger partial charge in [0, 0.05) is 48.0 Å². The summed E-state index contributed by atoms with van der Waals surface area (Å²) in [6.07, 6.45) is 6.43. The van der Waals surface area contributed by atoms with Gasteiger partial charge in [0.1, 0.15) is 17.3 Å². The lowest BCUT2D eigenvalue weighted by atomic mass is 10.0. The van der Waals surface area contributed by atoms with Gasteiger partial charge in [-0.25, -0.2) is 0 Å². The van der Waals surface area contributed by atoms with Crippen LogP contribution in [0.1, 0.15) is 46.7 Å². The Kier molecular flexibility index (Phi) is 7.15. The molecule has 2 aromatic heterocycles. The second-order valence-corrected chi connectivity index (χ2v) is 10.1. The maximum Gasteiger partial charge on any atom is 0.173 e. The maximum absolute atomic E-state index is 12.3. The fourth-order valence-electron chi connectivity index (χ4n) is 3.73. The molecule has 4 rings (SSSR count). The number of carbonyl (C=O) groups excluding carboxylic acids is 1. The van der Waals surface area contributed by atoms with E-state index in [1.165, 1.54) is 17.8 Å². The fourth-order valence-corrected chi connectivity index (χ4v) is 5.38. The van der Waals surface area contributed by atoms with Gasteiger partial charge in [0.2, 0.25) is 0 Å². The molecule has 1 saturated heterocycles. The van der Waals surface area contributed by atoms with Gasteiger partial charge in [0.05, 0.1) is 9.21 Å². The van der Waals surface area contributed by atoms with Crippen molar-refractivity contribution < 1.29 is 9.32 Å². The van der Waals surface area contributed by atoms with Crippen molar-refractivity contribution in [1.29, 1.82) is 5.41 Å². The molecule has 0 aliphatic carbocycles. The van der Waals surface area contributed by atoms with Crippen molar-refractivity contribution in [3.63, 3.8) is 0 Å². The summed E-state index contributed by atoms with van der Waals surface area (Å²) in [7, 11) is 0. The number of ketones is 1. The van der Waals surface area contributed by atoms with Gasteiger partial charge in [0.15, 0.2) is 5.78 Å². The Bertz CT molecular complexity index is 1090. The van der Waals surface area contributed by atoms with Crippen LogP contribution in [0.15, 0.2) is 45.8 Å². The summed E-state index contributed by atoms with van der Waals surface area (Å²) in [6, 6.07) is 11.5. The largest absolute Gasteiger partial charge is 0.361 e. The Balaban J connectivity index is 1.46. The van der Waals surface area contributed by atoms with E-state index in [-0.39, 0.29) is 5.78 Å². The summed E-state index contributed by atoms with van der Waals surface area (Å²) in [4.78, 5) is 16.2. The number of carbonyl (C=O) groups is 1. The van der Waals surface area contributed by atoms with Crippen molar-refractivity contribution in [3.8, 4) is 11.3 Å². The van der Waals surface area contributed by atoms with Crippen LogP contribution in [-0.2, 0) is 6.42 Å². The first-order valence-corrected chi connectivity index (χ1v) is 12.7. The van der Waals surface area contributed by atoms with E-state index in [2.05, 4.69) is 16.1 Å². The van der Waals surface area contributed by atoms with Crippen molar-refractivity contribution in [3.05, 3.63) is 56.9 Å². The van der Waals surface area contributed by atoms with E-state index in [0.717, 1.165) is 47.6 Å². The molecular formula is C23H24ClN3O2S2. The third-order valence-electron chi connectivity index (χ3n) is 5.43. The van der Waals surface area contributed by atoms with Crippen LogP contribution in [-0.4, -0.2) is 41.0 Å². The molecule has 0 amide bonds. The topological polar surface area (TPSA) is 70.2 Å². The zero-order chi connectivity index (χ0) is 21.8. The first-order chi connectivity index (χ1) is 15.0. The molecule has 1 aliphatic heterocycles. The normalized spacial score (nSPS) is 14.1. The van der Waals surface area contributed by atoms with Gasteiger partial charge in [-0.05, 0) is 43.7 Å². The predicted molar refractivity (Wildman–Crippen MR) is 128 cm³/mol. The van der Waals surface area contributed by atoms with Gasteiger partial charge >= 0.3 is 0 Å². The van der Waals surface area contributed by atoms with Crippen LogP contribution in [0.4, 0.5) is 0 Å². The summed E-state index contributed by atoms with van der Waals surface area (Å²) in [6.45, 7) is 1.91. The van der Waals surface area contributed by atoms with Gasteiger partial charge in [-0.2, -0.15) is 0 Å². The number of halogens is 1. The van der Waals surface area contributed by atoms with Crippen LogP contribution in [0, 0.1) is 5.41 Å². The molecule has 8 heteroatoms. The van der Waals surface area contributed by atoms with E-state index in [1.54, 1.807) is 23.9 Å². The van der Waals surface area contributed by atoms with E-state index < -0.39 is 0 Å². The summed E-state index contributed by atoms with van der Waals surface area (Å²) < 4.78 is 6.12. The van der Waals surface area contributed by atoms with E-state index in [9.17, 15) is 4.79 Å². The molecule has 0 bridgehead atoms. The molecular weight excluding hydrogens is 450 g/mol. The third kappa shape index (κ3) is 5.22. The smallest absolute Gasteiger partial charge is 0.173 e. The van der Waals surface area contributed by atoms with Crippen LogP contribution >= 0.6 is 34.7 Å². The molecule has 0 unspecified atom stereocenters. The molecule has 1 aromatic carbocycles. The first-order valence-electron chi connectivity index (χ1n) is 10.3. The SMILES string of the molecule is CSc1cc(C(=N)N2CCCCC2)ccc1-c1cc(CCC(=O)c2ccc(Cl)s2)on1. The van der Waals surface area contributed by atoms with Crippen LogP contribution in [0.3, 0.4) is 0 Å². The lowest BCUT2D eigenvalue weighted by Gasteiger charge is -2.29. The predicted octanol–water partition coefficient (Wildman–Crippen LogP) is 6.41. The molecule has 31 heavy (non-hydrogen) atoms. The van der Waals surface area contributed by atoms with E-state index in [1.807, 2.05) is 24.5 Å². The number of aryl methyl sites for hydroxylation is 1. The van der Waals surface area contributed by atoms with E-state index in [0.29, 0.717) is 33.7 Å². The fraction of sp³-hybridized carbons (Fsp3) is 0.348. The van der Waals surface area contributed by atoms with E-state index >= 15 is 0 Å². The second-order valence-electron chi connectivity index (χ2n) is 7.52. The molecule has 162 valence electrons. The number of rotatable bonds is 7. The Morgan fingerprint density at radius 1 is 1.23 bits per heavy atom. The summed E-state index contributed by atoms with van der Waals surface area (Å²) >= 11 is 8.85.